The number of carbonyl (C=O) groups is 1. The van der Waals surface area contributed by atoms with E-state index >= 15 is 0 Å². The highest BCUT2D eigenvalue weighted by atomic mass is 35.5. The van der Waals surface area contributed by atoms with Crippen molar-refractivity contribution in [3.8, 4) is 0 Å². The fourth-order valence-corrected chi connectivity index (χ4v) is 1.94. The van der Waals surface area contributed by atoms with Gasteiger partial charge in [0.1, 0.15) is 11.0 Å². The second-order valence-electron chi connectivity index (χ2n) is 3.99. The van der Waals surface area contributed by atoms with E-state index in [1.54, 1.807) is 0 Å². The molecule has 1 fully saturated rings. The van der Waals surface area contributed by atoms with Crippen LogP contribution in [0.3, 0.4) is 0 Å². The number of hydrogen-bond donors (Lipinski definition) is 2. The summed E-state index contributed by atoms with van der Waals surface area (Å²) in [5, 5.41) is 18.1. The summed E-state index contributed by atoms with van der Waals surface area (Å²) in [6.45, 7) is 0.449. The third kappa shape index (κ3) is 2.87. The lowest BCUT2D eigenvalue weighted by molar-refractivity contribution is 0.0697. The lowest BCUT2D eigenvalue weighted by Crippen LogP contribution is -2.30. The molecule has 0 unspecified atom stereocenters. The van der Waals surface area contributed by atoms with E-state index in [1.807, 2.05) is 4.90 Å². The molecule has 1 aliphatic carbocycles. The molecule has 0 radical (unpaired) electrons. The maximum Gasteiger partial charge on any atom is 0.335 e. The van der Waals surface area contributed by atoms with Gasteiger partial charge in [0, 0.05) is 12.6 Å². The number of halogens is 1. The Hall–Kier alpha value is -1.33. The Bertz CT molecular complexity index is 435. The highest BCUT2D eigenvalue weighted by Crippen LogP contribution is 2.31. The Morgan fingerprint density at radius 1 is 1.53 bits per heavy atom. The zero-order valence-electron chi connectivity index (χ0n) is 9.14. The molecule has 17 heavy (non-hydrogen) atoms. The topological polar surface area (TPSA) is 73.7 Å². The first-order chi connectivity index (χ1) is 8.11. The van der Waals surface area contributed by atoms with Gasteiger partial charge >= 0.3 is 5.97 Å². The Morgan fingerprint density at radius 3 is 2.76 bits per heavy atom. The molecule has 0 bridgehead atoms. The normalized spacial score (nSPS) is 14.7. The zero-order chi connectivity index (χ0) is 12.4. The van der Waals surface area contributed by atoms with E-state index in [1.165, 1.54) is 12.1 Å². The van der Waals surface area contributed by atoms with Gasteiger partial charge in [0.25, 0.3) is 0 Å². The van der Waals surface area contributed by atoms with Crippen molar-refractivity contribution in [3.05, 3.63) is 22.8 Å². The number of aliphatic hydroxyl groups is 1. The molecular weight excluding hydrogens is 244 g/mol. The lowest BCUT2D eigenvalue weighted by Gasteiger charge is -2.22. The van der Waals surface area contributed by atoms with Crippen molar-refractivity contribution in [2.45, 2.75) is 18.9 Å². The number of pyridine rings is 1. The van der Waals surface area contributed by atoms with Crippen LogP contribution in [0.2, 0.25) is 5.15 Å². The van der Waals surface area contributed by atoms with Gasteiger partial charge in [-0.05, 0) is 25.0 Å². The fourth-order valence-electron chi connectivity index (χ4n) is 1.73. The molecular formula is C11H13ClN2O3. The van der Waals surface area contributed by atoms with Crippen LogP contribution in [0.5, 0.6) is 0 Å². The van der Waals surface area contributed by atoms with Crippen LogP contribution >= 0.6 is 11.6 Å². The molecule has 1 aromatic rings. The molecule has 0 aromatic carbocycles. The van der Waals surface area contributed by atoms with Crippen molar-refractivity contribution in [1.29, 1.82) is 0 Å². The number of hydrogen-bond acceptors (Lipinski definition) is 4. The smallest absolute Gasteiger partial charge is 0.335 e. The molecule has 2 rings (SSSR count). The molecule has 1 aliphatic rings. The summed E-state index contributed by atoms with van der Waals surface area (Å²) in [6, 6.07) is 3.15. The maximum absolute atomic E-state index is 10.9. The van der Waals surface area contributed by atoms with Gasteiger partial charge in [-0.25, -0.2) is 9.78 Å². The minimum Gasteiger partial charge on any atom is -0.478 e. The number of aromatic nitrogens is 1. The van der Waals surface area contributed by atoms with E-state index in [2.05, 4.69) is 4.98 Å². The maximum atomic E-state index is 10.9. The van der Waals surface area contributed by atoms with Gasteiger partial charge in [-0.15, -0.1) is 0 Å². The number of anilines is 1. The van der Waals surface area contributed by atoms with Crippen LogP contribution in [0.1, 0.15) is 23.2 Å². The molecule has 1 heterocycles. The Morgan fingerprint density at radius 2 is 2.24 bits per heavy atom. The molecule has 2 N–H and O–H groups in total. The summed E-state index contributed by atoms with van der Waals surface area (Å²) in [7, 11) is 0. The predicted molar refractivity (Wildman–Crippen MR) is 63.7 cm³/mol. The molecule has 0 spiro atoms. The van der Waals surface area contributed by atoms with Crippen LogP contribution in [0.4, 0.5) is 5.82 Å². The molecule has 6 heteroatoms. The van der Waals surface area contributed by atoms with E-state index in [9.17, 15) is 4.79 Å². The van der Waals surface area contributed by atoms with Gasteiger partial charge in [0.15, 0.2) is 0 Å². The third-order valence-electron chi connectivity index (χ3n) is 2.65. The molecule has 92 valence electrons. The molecule has 1 saturated carbocycles. The molecule has 0 saturated heterocycles. The number of aliphatic hydroxyl groups excluding tert-OH is 1. The molecule has 5 nitrogen and oxygen atoms in total. The quantitative estimate of drug-likeness (QED) is 0.779. The number of carboxylic acids is 1. The second-order valence-corrected chi connectivity index (χ2v) is 4.38. The predicted octanol–water partition coefficient (Wildman–Crippen LogP) is 1.39. The third-order valence-corrected chi connectivity index (χ3v) is 2.84. The van der Waals surface area contributed by atoms with Crippen molar-refractivity contribution < 1.29 is 15.0 Å². The van der Waals surface area contributed by atoms with Crippen molar-refractivity contribution in [2.75, 3.05) is 18.1 Å². The van der Waals surface area contributed by atoms with Crippen LogP contribution in [-0.4, -0.2) is 40.4 Å². The molecule has 1 aromatic heterocycles. The monoisotopic (exact) mass is 256 g/mol. The Balaban J connectivity index is 2.31. The summed E-state index contributed by atoms with van der Waals surface area (Å²) >= 11 is 5.80. The molecule has 0 amide bonds. The summed E-state index contributed by atoms with van der Waals surface area (Å²) in [5.41, 5.74) is 0.114. The van der Waals surface area contributed by atoms with Crippen molar-refractivity contribution in [3.63, 3.8) is 0 Å². The molecule has 0 aliphatic heterocycles. The summed E-state index contributed by atoms with van der Waals surface area (Å²) in [4.78, 5) is 16.9. The average Bonchev–Trinajstić information content (AvgIpc) is 3.08. The largest absolute Gasteiger partial charge is 0.478 e. The van der Waals surface area contributed by atoms with E-state index in [4.69, 9.17) is 21.8 Å². The minimum absolute atomic E-state index is 0.00704. The van der Waals surface area contributed by atoms with Crippen LogP contribution in [-0.2, 0) is 0 Å². The first-order valence-electron chi connectivity index (χ1n) is 5.40. The standard InChI is InChI=1S/C11H13ClN2O3/c12-9-5-7(11(16)17)6-10(13-9)14(3-4-15)8-1-2-8/h5-6,8,15H,1-4H2,(H,16,17). The lowest BCUT2D eigenvalue weighted by atomic mass is 10.2. The number of rotatable bonds is 5. The Kier molecular flexibility index (Phi) is 3.49. The molecule has 0 atom stereocenters. The van der Waals surface area contributed by atoms with Gasteiger partial charge in [0.2, 0.25) is 0 Å². The number of aromatic carboxylic acids is 1. The second kappa shape index (κ2) is 4.89. The first-order valence-corrected chi connectivity index (χ1v) is 5.78. The van der Waals surface area contributed by atoms with E-state index < -0.39 is 5.97 Å². The van der Waals surface area contributed by atoms with E-state index in [0.29, 0.717) is 18.4 Å². The zero-order valence-corrected chi connectivity index (χ0v) is 9.89. The number of carboxylic acid groups (broad SMARTS) is 1. The summed E-state index contributed by atoms with van der Waals surface area (Å²) in [6.07, 6.45) is 2.08. The van der Waals surface area contributed by atoms with Crippen LogP contribution in [0.15, 0.2) is 12.1 Å². The average molecular weight is 257 g/mol. The van der Waals surface area contributed by atoms with Crippen LogP contribution in [0.25, 0.3) is 0 Å². The van der Waals surface area contributed by atoms with Gasteiger partial charge in [-0.2, -0.15) is 0 Å². The van der Waals surface area contributed by atoms with Gasteiger partial charge in [-0.3, -0.25) is 0 Å². The fraction of sp³-hybridized carbons (Fsp3) is 0.455. The Labute approximate surface area is 104 Å². The highest BCUT2D eigenvalue weighted by Gasteiger charge is 2.30. The van der Waals surface area contributed by atoms with E-state index in [0.717, 1.165) is 12.8 Å². The van der Waals surface area contributed by atoms with Gasteiger partial charge < -0.3 is 15.1 Å². The summed E-state index contributed by atoms with van der Waals surface area (Å²) < 4.78 is 0. The number of nitrogens with zero attached hydrogens (tertiary/aromatic N) is 2. The summed E-state index contributed by atoms with van der Waals surface area (Å²) in [5.74, 6) is -0.512. The van der Waals surface area contributed by atoms with Gasteiger partial charge in [-0.1, -0.05) is 11.6 Å². The minimum atomic E-state index is -1.03. The van der Waals surface area contributed by atoms with E-state index in [-0.39, 0.29) is 17.3 Å². The SMILES string of the molecule is O=C(O)c1cc(Cl)nc(N(CCO)C2CC2)c1. The van der Waals surface area contributed by atoms with Crippen molar-refractivity contribution >= 4 is 23.4 Å². The van der Waals surface area contributed by atoms with Crippen molar-refractivity contribution in [2.24, 2.45) is 0 Å². The van der Waals surface area contributed by atoms with Gasteiger partial charge in [0.05, 0.1) is 12.2 Å². The highest BCUT2D eigenvalue weighted by molar-refractivity contribution is 6.29. The van der Waals surface area contributed by atoms with Crippen molar-refractivity contribution in [1.82, 2.24) is 4.98 Å². The first kappa shape index (κ1) is 12.1. The van der Waals surface area contributed by atoms with Crippen LogP contribution in [0, 0.1) is 0 Å². The van der Waals surface area contributed by atoms with Crippen LogP contribution < -0.4 is 4.90 Å².